The monoisotopic (exact) mass is 623 g/mol. The number of anilines is 1. The number of benzene rings is 5. The molecule has 1 N–H and O–H groups in total. The number of carbonyl (C=O) groups excluding carboxylic acids is 2. The quantitative estimate of drug-likeness (QED) is 0.166. The van der Waals surface area contributed by atoms with Crippen molar-refractivity contribution in [2.45, 2.75) is 57.5 Å². The lowest BCUT2D eigenvalue weighted by atomic mass is 9.85. The highest BCUT2D eigenvalue weighted by Gasteiger charge is 2.32. The van der Waals surface area contributed by atoms with Crippen LogP contribution in [-0.2, 0) is 20.7 Å². The molecule has 0 saturated heterocycles. The minimum Gasteiger partial charge on any atom is -0.457 e. The molecule has 2 aliphatic heterocycles. The molecule has 1 amide bonds. The number of rotatable bonds is 9. The molecular weight excluding hydrogens is 586 g/mol. The average molecular weight is 624 g/mol. The Bertz CT molecular complexity index is 1860. The van der Waals surface area contributed by atoms with Crippen LogP contribution in [0.15, 0.2) is 115 Å². The molecule has 0 aliphatic carbocycles. The minimum atomic E-state index is -0.529. The van der Waals surface area contributed by atoms with E-state index in [0.717, 1.165) is 62.1 Å². The van der Waals surface area contributed by atoms with E-state index >= 15 is 0 Å². The Morgan fingerprint density at radius 3 is 1.57 bits per heavy atom. The molecule has 0 spiro atoms. The summed E-state index contributed by atoms with van der Waals surface area (Å²) in [4.78, 5) is 27.6. The largest absolute Gasteiger partial charge is 0.457 e. The van der Waals surface area contributed by atoms with Crippen LogP contribution < -0.4 is 14.8 Å². The summed E-state index contributed by atoms with van der Waals surface area (Å²) < 4.78 is 18.5. The molecule has 0 saturated carbocycles. The Balaban J connectivity index is 1.13. The molecule has 0 fully saturated rings. The van der Waals surface area contributed by atoms with Gasteiger partial charge in [0.15, 0.2) is 0 Å². The maximum absolute atomic E-state index is 13.9. The van der Waals surface area contributed by atoms with Crippen molar-refractivity contribution in [2.75, 3.05) is 5.32 Å². The number of carbonyl (C=O) groups is 2. The highest BCUT2D eigenvalue weighted by Crippen LogP contribution is 2.47. The van der Waals surface area contributed by atoms with Crippen molar-refractivity contribution in [1.29, 1.82) is 0 Å². The first-order valence-corrected chi connectivity index (χ1v) is 16.4. The molecule has 6 nitrogen and oxygen atoms in total. The first kappa shape index (κ1) is 30.3. The van der Waals surface area contributed by atoms with E-state index < -0.39 is 6.10 Å². The molecular formula is C41H37NO5. The van der Waals surface area contributed by atoms with Gasteiger partial charge in [0.25, 0.3) is 0 Å². The molecule has 1 atom stereocenters. The van der Waals surface area contributed by atoms with Crippen LogP contribution in [-0.4, -0.2) is 11.9 Å². The van der Waals surface area contributed by atoms with Crippen LogP contribution in [0, 0.1) is 0 Å². The number of amides is 1. The highest BCUT2D eigenvalue weighted by molar-refractivity contribution is 5.93. The number of esters is 1. The van der Waals surface area contributed by atoms with Gasteiger partial charge in [0, 0.05) is 46.1 Å². The summed E-state index contributed by atoms with van der Waals surface area (Å²) in [6, 6.07) is 37.4. The molecule has 7 rings (SSSR count). The maximum atomic E-state index is 13.9. The van der Waals surface area contributed by atoms with Gasteiger partial charge in [-0.2, -0.15) is 0 Å². The predicted molar refractivity (Wildman–Crippen MR) is 182 cm³/mol. The topological polar surface area (TPSA) is 73.9 Å². The SMILES string of the molecule is CCc1cccc(C(CC)OC(=O)CC2c3ccccc3Oc3ccccc32)c1NC(=O)CC1c2ccccc2Oc2ccccc21. The summed E-state index contributed by atoms with van der Waals surface area (Å²) in [6.45, 7) is 4.06. The summed E-state index contributed by atoms with van der Waals surface area (Å²) in [5.74, 6) is 2.30. The van der Waals surface area contributed by atoms with Crippen molar-refractivity contribution in [3.05, 3.63) is 149 Å². The van der Waals surface area contributed by atoms with Crippen LogP contribution in [0.4, 0.5) is 5.69 Å². The molecule has 5 aromatic carbocycles. The van der Waals surface area contributed by atoms with Gasteiger partial charge < -0.3 is 19.5 Å². The van der Waals surface area contributed by atoms with E-state index in [2.05, 4.69) is 12.2 Å². The smallest absolute Gasteiger partial charge is 0.307 e. The minimum absolute atomic E-state index is 0.111. The van der Waals surface area contributed by atoms with Gasteiger partial charge in [-0.05, 0) is 42.7 Å². The Labute approximate surface area is 275 Å². The summed E-state index contributed by atoms with van der Waals surface area (Å²) >= 11 is 0. The number of hydrogen-bond donors (Lipinski definition) is 1. The van der Waals surface area contributed by atoms with E-state index in [9.17, 15) is 9.59 Å². The van der Waals surface area contributed by atoms with Crippen LogP contribution in [0.2, 0.25) is 0 Å². The van der Waals surface area contributed by atoms with Crippen LogP contribution in [0.5, 0.6) is 23.0 Å². The number of para-hydroxylation sites is 5. The Morgan fingerprint density at radius 1 is 0.638 bits per heavy atom. The Kier molecular flexibility index (Phi) is 8.49. The Hall–Kier alpha value is -5.36. The standard InChI is InChI=1S/C41H37NO5/c1-3-26-14-13-19-31(41(26)42-39(43)24-32-27-15-5-9-20-35(27)45-36-21-10-6-16-28(32)36)34(4-2)47-40(44)25-33-29-17-7-11-22-37(29)46-38-23-12-8-18-30(33)38/h5-23,32-34H,3-4,24-25H2,1-2H3,(H,42,43). The van der Waals surface area contributed by atoms with E-state index in [1.165, 1.54) is 0 Å². The van der Waals surface area contributed by atoms with Gasteiger partial charge >= 0.3 is 5.97 Å². The van der Waals surface area contributed by atoms with Crippen LogP contribution in [0.3, 0.4) is 0 Å². The van der Waals surface area contributed by atoms with Gasteiger partial charge in [-0.3, -0.25) is 9.59 Å². The average Bonchev–Trinajstić information content (AvgIpc) is 3.10. The van der Waals surface area contributed by atoms with Crippen molar-refractivity contribution in [1.82, 2.24) is 0 Å². The van der Waals surface area contributed by atoms with Gasteiger partial charge in [0.2, 0.25) is 5.91 Å². The second kappa shape index (κ2) is 13.2. The second-order valence-corrected chi connectivity index (χ2v) is 12.0. The fraction of sp³-hybridized carbons (Fsp3) is 0.220. The van der Waals surface area contributed by atoms with Gasteiger partial charge in [0.1, 0.15) is 29.1 Å². The van der Waals surface area contributed by atoms with Crippen LogP contribution in [0.25, 0.3) is 0 Å². The molecule has 236 valence electrons. The zero-order chi connectivity index (χ0) is 32.3. The number of aryl methyl sites for hydroxylation is 1. The summed E-state index contributed by atoms with van der Waals surface area (Å²) in [6.07, 6.45) is 1.16. The first-order valence-electron chi connectivity index (χ1n) is 16.4. The number of fused-ring (bicyclic) bond motifs is 4. The van der Waals surface area contributed by atoms with Gasteiger partial charge in [0.05, 0.1) is 12.1 Å². The molecule has 0 radical (unpaired) electrons. The first-order chi connectivity index (χ1) is 23.0. The normalized spacial score (nSPS) is 13.9. The van der Waals surface area contributed by atoms with E-state index in [4.69, 9.17) is 14.2 Å². The Morgan fingerprint density at radius 2 is 1.11 bits per heavy atom. The van der Waals surface area contributed by atoms with Gasteiger partial charge in [-0.15, -0.1) is 0 Å². The van der Waals surface area contributed by atoms with Crippen molar-refractivity contribution >= 4 is 17.6 Å². The fourth-order valence-corrected chi connectivity index (χ4v) is 6.91. The molecule has 0 bridgehead atoms. The molecule has 5 aromatic rings. The summed E-state index contributed by atoms with van der Waals surface area (Å²) in [5, 5.41) is 3.25. The lowest BCUT2D eigenvalue weighted by Crippen LogP contribution is -2.22. The van der Waals surface area contributed by atoms with Gasteiger partial charge in [-0.1, -0.05) is 105 Å². The fourth-order valence-electron chi connectivity index (χ4n) is 6.91. The third kappa shape index (κ3) is 5.99. The van der Waals surface area contributed by atoms with E-state index in [0.29, 0.717) is 12.8 Å². The van der Waals surface area contributed by atoms with Crippen molar-refractivity contribution < 1.29 is 23.8 Å². The second-order valence-electron chi connectivity index (χ2n) is 12.0. The summed E-state index contributed by atoms with van der Waals surface area (Å²) in [7, 11) is 0. The van der Waals surface area contributed by atoms with E-state index in [-0.39, 0.29) is 36.6 Å². The highest BCUT2D eigenvalue weighted by atomic mass is 16.5. The molecule has 47 heavy (non-hydrogen) atoms. The predicted octanol–water partition coefficient (Wildman–Crippen LogP) is 9.84. The zero-order valence-electron chi connectivity index (χ0n) is 26.6. The molecule has 0 aromatic heterocycles. The van der Waals surface area contributed by atoms with Crippen LogP contribution >= 0.6 is 0 Å². The third-order valence-electron chi connectivity index (χ3n) is 9.20. The molecule has 2 heterocycles. The third-order valence-corrected chi connectivity index (χ3v) is 9.20. The maximum Gasteiger partial charge on any atom is 0.307 e. The van der Waals surface area contributed by atoms with Crippen molar-refractivity contribution in [3.8, 4) is 23.0 Å². The lowest BCUT2D eigenvalue weighted by Gasteiger charge is -2.29. The van der Waals surface area contributed by atoms with E-state index in [1.54, 1.807) is 0 Å². The van der Waals surface area contributed by atoms with Crippen molar-refractivity contribution in [2.24, 2.45) is 0 Å². The lowest BCUT2D eigenvalue weighted by molar-refractivity contribution is -0.149. The van der Waals surface area contributed by atoms with Gasteiger partial charge in [-0.25, -0.2) is 0 Å². The molecule has 1 unspecified atom stereocenters. The van der Waals surface area contributed by atoms with E-state index in [1.807, 2.05) is 122 Å². The molecule has 2 aliphatic rings. The van der Waals surface area contributed by atoms with Crippen molar-refractivity contribution in [3.63, 3.8) is 0 Å². The number of ether oxygens (including phenoxy) is 3. The van der Waals surface area contributed by atoms with Crippen LogP contribution in [0.1, 0.15) is 84.4 Å². The summed E-state index contributed by atoms with van der Waals surface area (Å²) in [5.41, 5.74) is 6.42. The molecule has 6 heteroatoms. The zero-order valence-corrected chi connectivity index (χ0v) is 26.6. The number of nitrogens with one attached hydrogen (secondary N) is 1. The number of hydrogen-bond acceptors (Lipinski definition) is 5.